The Labute approximate surface area is 122 Å². The Kier molecular flexibility index (Phi) is 2.89. The molecule has 4 aliphatic rings. The fourth-order valence-corrected chi connectivity index (χ4v) is 6.56. The van der Waals surface area contributed by atoms with Gasteiger partial charge in [0.2, 0.25) is 0 Å². The minimum atomic E-state index is -0.404. The summed E-state index contributed by atoms with van der Waals surface area (Å²) in [4.78, 5) is 13.1. The van der Waals surface area contributed by atoms with Gasteiger partial charge in [0, 0.05) is 5.41 Å². The predicted molar refractivity (Wildman–Crippen MR) is 78.8 cm³/mol. The van der Waals surface area contributed by atoms with Crippen LogP contribution in [0.15, 0.2) is 0 Å². The van der Waals surface area contributed by atoms with Gasteiger partial charge in [-0.05, 0) is 61.2 Å². The fourth-order valence-electron chi connectivity index (χ4n) is 6.56. The van der Waals surface area contributed by atoms with Crippen LogP contribution in [0.2, 0.25) is 0 Å². The highest BCUT2D eigenvalue weighted by Gasteiger charge is 2.63. The number of nitrogens with zero attached hydrogens (tertiary/aromatic N) is 1. The average Bonchev–Trinajstić information content (AvgIpc) is 2.23. The summed E-state index contributed by atoms with van der Waals surface area (Å²) in [6, 6.07) is 2.30. The Balaban J connectivity index is 1.97. The van der Waals surface area contributed by atoms with Crippen LogP contribution in [0.1, 0.15) is 66.2 Å². The average molecular weight is 273 g/mol. The molecule has 0 aromatic heterocycles. The van der Waals surface area contributed by atoms with E-state index in [1.54, 1.807) is 0 Å². The lowest BCUT2D eigenvalue weighted by Crippen LogP contribution is -2.58. The lowest BCUT2D eigenvalue weighted by atomic mass is 9.39. The van der Waals surface area contributed by atoms with Crippen LogP contribution >= 0.6 is 0 Å². The molecule has 0 aliphatic heterocycles. The molecule has 0 N–H and O–H groups in total. The maximum atomic E-state index is 13.1. The van der Waals surface area contributed by atoms with Gasteiger partial charge < -0.3 is 0 Å². The zero-order valence-electron chi connectivity index (χ0n) is 13.3. The molecule has 4 aliphatic carbocycles. The van der Waals surface area contributed by atoms with Gasteiger partial charge in [0.1, 0.15) is 5.92 Å². The maximum absolute atomic E-state index is 13.1. The number of nitriles is 1. The first-order valence-corrected chi connectivity index (χ1v) is 8.15. The topological polar surface area (TPSA) is 40.9 Å². The van der Waals surface area contributed by atoms with Crippen molar-refractivity contribution in [3.05, 3.63) is 0 Å². The van der Waals surface area contributed by atoms with Crippen molar-refractivity contribution in [2.24, 2.45) is 34.0 Å². The van der Waals surface area contributed by atoms with E-state index in [1.165, 1.54) is 19.3 Å². The van der Waals surface area contributed by atoms with E-state index in [2.05, 4.69) is 19.9 Å². The second-order valence-electron chi connectivity index (χ2n) is 9.13. The third-order valence-corrected chi connectivity index (χ3v) is 6.24. The molecule has 0 spiro atoms. The minimum absolute atomic E-state index is 0.140. The molecular formula is C18H27NO. The Hall–Kier alpha value is -0.840. The van der Waals surface area contributed by atoms with Crippen molar-refractivity contribution in [3.63, 3.8) is 0 Å². The largest absolute Gasteiger partial charge is 0.298 e. The van der Waals surface area contributed by atoms with Crippen LogP contribution < -0.4 is 0 Å². The molecule has 2 nitrogen and oxygen atoms in total. The Morgan fingerprint density at radius 2 is 1.65 bits per heavy atom. The molecule has 0 saturated heterocycles. The number of carbonyl (C=O) groups is 1. The number of Topliss-reactive ketones (excluding diaryl/α,β-unsaturated/α-hetero) is 1. The summed E-state index contributed by atoms with van der Waals surface area (Å²) in [7, 11) is 0. The van der Waals surface area contributed by atoms with Crippen LogP contribution in [-0.2, 0) is 4.79 Å². The van der Waals surface area contributed by atoms with Gasteiger partial charge in [0.25, 0.3) is 0 Å². The normalized spacial score (nSPS) is 47.3. The van der Waals surface area contributed by atoms with Crippen molar-refractivity contribution in [3.8, 4) is 6.07 Å². The van der Waals surface area contributed by atoms with Crippen LogP contribution in [-0.4, -0.2) is 5.78 Å². The maximum Gasteiger partial charge on any atom is 0.156 e. The van der Waals surface area contributed by atoms with Gasteiger partial charge in [0.05, 0.1) is 6.07 Å². The van der Waals surface area contributed by atoms with Crippen LogP contribution in [0.5, 0.6) is 0 Å². The molecule has 0 aromatic carbocycles. The van der Waals surface area contributed by atoms with Crippen molar-refractivity contribution in [1.82, 2.24) is 0 Å². The third-order valence-electron chi connectivity index (χ3n) is 6.24. The van der Waals surface area contributed by atoms with Gasteiger partial charge in [-0.3, -0.25) is 4.79 Å². The highest BCUT2D eigenvalue weighted by molar-refractivity contribution is 5.89. The fraction of sp³-hybridized carbons (Fsp3) is 0.889. The Morgan fingerprint density at radius 3 is 2.05 bits per heavy atom. The summed E-state index contributed by atoms with van der Waals surface area (Å²) in [6.45, 7) is 8.79. The van der Waals surface area contributed by atoms with Crippen LogP contribution in [0.4, 0.5) is 0 Å². The molecule has 4 saturated carbocycles. The number of hydrogen-bond acceptors (Lipinski definition) is 2. The first-order chi connectivity index (χ1) is 9.21. The molecule has 4 rings (SSSR count). The van der Waals surface area contributed by atoms with Gasteiger partial charge in [-0.25, -0.2) is 0 Å². The minimum Gasteiger partial charge on any atom is -0.298 e. The molecule has 3 atom stereocenters. The Bertz CT molecular complexity index is 468. The summed E-state index contributed by atoms with van der Waals surface area (Å²) in [5.41, 5.74) is 0.523. The molecule has 0 aromatic rings. The summed E-state index contributed by atoms with van der Waals surface area (Å²) >= 11 is 0. The zero-order valence-corrected chi connectivity index (χ0v) is 13.3. The molecule has 3 unspecified atom stereocenters. The quantitative estimate of drug-likeness (QED) is 0.767. The molecule has 20 heavy (non-hydrogen) atoms. The smallest absolute Gasteiger partial charge is 0.156 e. The first-order valence-electron chi connectivity index (χ1n) is 8.15. The summed E-state index contributed by atoms with van der Waals surface area (Å²) in [5, 5.41) is 9.43. The highest BCUT2D eigenvalue weighted by atomic mass is 16.1. The number of rotatable bonds is 3. The second kappa shape index (κ2) is 4.09. The van der Waals surface area contributed by atoms with Gasteiger partial charge in [-0.1, -0.05) is 27.7 Å². The van der Waals surface area contributed by atoms with E-state index in [4.69, 9.17) is 0 Å². The molecule has 2 heteroatoms. The second-order valence-corrected chi connectivity index (χ2v) is 9.13. The van der Waals surface area contributed by atoms with Crippen molar-refractivity contribution < 1.29 is 4.79 Å². The van der Waals surface area contributed by atoms with Crippen molar-refractivity contribution >= 4 is 5.78 Å². The van der Waals surface area contributed by atoms with E-state index in [9.17, 15) is 10.1 Å². The molecule has 0 amide bonds. The van der Waals surface area contributed by atoms with Crippen LogP contribution in [0.25, 0.3) is 0 Å². The number of carbonyl (C=O) groups excluding carboxylic acids is 1. The van der Waals surface area contributed by atoms with Crippen LogP contribution in [0.3, 0.4) is 0 Å². The first kappa shape index (κ1) is 14.1. The van der Waals surface area contributed by atoms with Crippen molar-refractivity contribution in [2.75, 3.05) is 0 Å². The molecule has 110 valence electrons. The summed E-state index contributed by atoms with van der Waals surface area (Å²) < 4.78 is 0. The van der Waals surface area contributed by atoms with E-state index < -0.39 is 5.92 Å². The number of ketones is 1. The summed E-state index contributed by atoms with van der Waals surface area (Å²) in [5.74, 6) is 0.729. The predicted octanol–water partition coefficient (Wildman–Crippen LogP) is 4.35. The SMILES string of the molecule is CC(C)C(C#N)C(=O)C12CC3CC(C)(CC(C)(C3)C1)C2. The van der Waals surface area contributed by atoms with Crippen molar-refractivity contribution in [2.45, 2.75) is 66.2 Å². The van der Waals surface area contributed by atoms with Crippen LogP contribution in [0, 0.1) is 45.3 Å². The molecule has 0 heterocycles. The van der Waals surface area contributed by atoms with E-state index >= 15 is 0 Å². The van der Waals surface area contributed by atoms with Gasteiger partial charge in [-0.15, -0.1) is 0 Å². The van der Waals surface area contributed by atoms with E-state index in [1.807, 2.05) is 13.8 Å². The van der Waals surface area contributed by atoms with E-state index in [0.717, 1.165) is 25.2 Å². The zero-order chi connectivity index (χ0) is 14.8. The lowest BCUT2D eigenvalue weighted by molar-refractivity contribution is -0.171. The van der Waals surface area contributed by atoms with Gasteiger partial charge in [0.15, 0.2) is 5.78 Å². The Morgan fingerprint density at radius 1 is 1.10 bits per heavy atom. The highest BCUT2D eigenvalue weighted by Crippen LogP contribution is 2.70. The van der Waals surface area contributed by atoms with E-state index in [-0.39, 0.29) is 17.1 Å². The lowest BCUT2D eigenvalue weighted by Gasteiger charge is -2.65. The molecular weight excluding hydrogens is 246 g/mol. The third kappa shape index (κ3) is 1.93. The van der Waals surface area contributed by atoms with Crippen molar-refractivity contribution in [1.29, 1.82) is 5.26 Å². The summed E-state index contributed by atoms with van der Waals surface area (Å²) in [6.07, 6.45) is 7.02. The monoisotopic (exact) mass is 273 g/mol. The molecule has 0 radical (unpaired) electrons. The standard InChI is InChI=1S/C18H27NO/c1-12(2)14(8-19)15(20)18-7-13-5-16(3,10-18)9-17(4,6-13)11-18/h12-14H,5-7,9-11H2,1-4H3. The van der Waals surface area contributed by atoms with E-state index in [0.29, 0.717) is 10.8 Å². The molecule has 4 bridgehead atoms. The number of hydrogen-bond donors (Lipinski definition) is 0. The van der Waals surface area contributed by atoms with Gasteiger partial charge in [-0.2, -0.15) is 5.26 Å². The molecule has 4 fully saturated rings. The van der Waals surface area contributed by atoms with Gasteiger partial charge >= 0.3 is 0 Å².